The molecule has 28 heavy (non-hydrogen) atoms. The Morgan fingerprint density at radius 3 is 2.57 bits per heavy atom. The highest BCUT2D eigenvalue weighted by Crippen LogP contribution is 2.67. The van der Waals surface area contributed by atoms with Crippen molar-refractivity contribution in [1.29, 1.82) is 0 Å². The molecule has 4 heteroatoms. The molecule has 2 aliphatic carbocycles. The Morgan fingerprint density at radius 2 is 1.89 bits per heavy atom. The topological polar surface area (TPSA) is 38.3 Å². The lowest BCUT2D eigenvalue weighted by Gasteiger charge is -2.64. The molecule has 3 nitrogen and oxygen atoms in total. The van der Waals surface area contributed by atoms with Gasteiger partial charge in [-0.05, 0) is 71.5 Å². The summed E-state index contributed by atoms with van der Waals surface area (Å²) in [5.74, 6) is 3.32. The van der Waals surface area contributed by atoms with Gasteiger partial charge in [0.1, 0.15) is 5.75 Å². The molecule has 1 aliphatic heterocycles. The van der Waals surface area contributed by atoms with Crippen molar-refractivity contribution < 1.29 is 9.53 Å². The van der Waals surface area contributed by atoms with Gasteiger partial charge in [0.15, 0.2) is 0 Å². The lowest BCUT2D eigenvalue weighted by Crippen LogP contribution is -2.58. The number of carbonyl (C=O) groups is 1. The molecule has 4 atom stereocenters. The average molecular weight is 402 g/mol. The number of fused-ring (bicyclic) bond motifs is 5. The van der Waals surface area contributed by atoms with Crippen LogP contribution in [0.5, 0.6) is 5.75 Å². The second-order valence-electron chi connectivity index (χ2n) is 10.3. The lowest BCUT2D eigenvalue weighted by molar-refractivity contribution is -0.0974. The standard InChI is InChI=1S/C24H35NO2S/c1-22(2)9-7-10-23(3)18(22)8-11-24(4)19(23)14-28-17-13-15(27-6)12-16(20(17)24)21(26)25-5/h12-13,18-19H,7-11,14H2,1-6H3,(H,25,26)/t18-,19+,23-,24+/m0/s1. The Balaban J connectivity index is 1.87. The van der Waals surface area contributed by atoms with E-state index in [0.29, 0.717) is 16.7 Å². The second kappa shape index (κ2) is 6.68. The largest absolute Gasteiger partial charge is 0.497 e. The summed E-state index contributed by atoms with van der Waals surface area (Å²) in [6.07, 6.45) is 6.43. The molecule has 2 fully saturated rings. The van der Waals surface area contributed by atoms with Crippen LogP contribution in [-0.4, -0.2) is 25.8 Å². The predicted octanol–water partition coefficient (Wildman–Crippen LogP) is 5.66. The molecule has 1 aromatic rings. The van der Waals surface area contributed by atoms with Crippen molar-refractivity contribution in [3.63, 3.8) is 0 Å². The molecule has 2 saturated carbocycles. The molecule has 0 saturated heterocycles. The van der Waals surface area contributed by atoms with Crippen LogP contribution in [0, 0.1) is 22.7 Å². The van der Waals surface area contributed by atoms with Crippen LogP contribution in [-0.2, 0) is 5.41 Å². The summed E-state index contributed by atoms with van der Waals surface area (Å²) < 4.78 is 5.52. The number of hydrogen-bond acceptors (Lipinski definition) is 3. The van der Waals surface area contributed by atoms with Gasteiger partial charge in [-0.1, -0.05) is 34.1 Å². The first-order valence-corrected chi connectivity index (χ1v) is 11.7. The van der Waals surface area contributed by atoms with Gasteiger partial charge in [0.2, 0.25) is 0 Å². The fraction of sp³-hybridized carbons (Fsp3) is 0.708. The highest BCUT2D eigenvalue weighted by molar-refractivity contribution is 7.99. The van der Waals surface area contributed by atoms with Gasteiger partial charge in [-0.3, -0.25) is 4.79 Å². The van der Waals surface area contributed by atoms with E-state index in [1.54, 1.807) is 14.2 Å². The van der Waals surface area contributed by atoms with Crippen molar-refractivity contribution in [2.45, 2.75) is 70.1 Å². The van der Waals surface area contributed by atoms with Crippen LogP contribution in [0.25, 0.3) is 0 Å². The molecule has 1 aromatic carbocycles. The molecule has 1 heterocycles. The maximum absolute atomic E-state index is 12.9. The predicted molar refractivity (Wildman–Crippen MR) is 116 cm³/mol. The molecule has 0 unspecified atom stereocenters. The van der Waals surface area contributed by atoms with Gasteiger partial charge in [0.25, 0.3) is 5.91 Å². The van der Waals surface area contributed by atoms with Gasteiger partial charge in [0.05, 0.1) is 7.11 Å². The van der Waals surface area contributed by atoms with Crippen LogP contribution in [0.1, 0.15) is 75.7 Å². The summed E-state index contributed by atoms with van der Waals surface area (Å²) >= 11 is 1.94. The van der Waals surface area contributed by atoms with Gasteiger partial charge in [-0.25, -0.2) is 0 Å². The maximum Gasteiger partial charge on any atom is 0.251 e. The number of ether oxygens (including phenoxy) is 1. The Hall–Kier alpha value is -1.16. The Bertz CT molecular complexity index is 804. The van der Waals surface area contributed by atoms with Crippen LogP contribution in [0.2, 0.25) is 0 Å². The summed E-state index contributed by atoms with van der Waals surface area (Å²) in [6.45, 7) is 9.98. The third kappa shape index (κ3) is 2.74. The van der Waals surface area contributed by atoms with E-state index >= 15 is 0 Å². The maximum atomic E-state index is 12.9. The number of carbonyl (C=O) groups excluding carboxylic acids is 1. The van der Waals surface area contributed by atoms with Crippen LogP contribution in [0.4, 0.5) is 0 Å². The number of methoxy groups -OCH3 is 1. The summed E-state index contributed by atoms with van der Waals surface area (Å²) in [5, 5.41) is 2.87. The van der Waals surface area contributed by atoms with Crippen molar-refractivity contribution in [3.05, 3.63) is 23.3 Å². The number of benzene rings is 1. The van der Waals surface area contributed by atoms with Crippen molar-refractivity contribution in [2.75, 3.05) is 19.9 Å². The van der Waals surface area contributed by atoms with Crippen molar-refractivity contribution in [1.82, 2.24) is 5.32 Å². The highest BCUT2D eigenvalue weighted by atomic mass is 32.2. The van der Waals surface area contributed by atoms with E-state index in [0.717, 1.165) is 23.0 Å². The van der Waals surface area contributed by atoms with Crippen LogP contribution in [0.15, 0.2) is 17.0 Å². The molecule has 4 rings (SSSR count). The van der Waals surface area contributed by atoms with E-state index in [-0.39, 0.29) is 11.3 Å². The number of rotatable bonds is 2. The van der Waals surface area contributed by atoms with Gasteiger partial charge in [0, 0.05) is 23.3 Å². The fourth-order valence-corrected chi connectivity index (χ4v) is 9.00. The molecule has 3 aliphatic rings. The van der Waals surface area contributed by atoms with Gasteiger partial charge in [-0.2, -0.15) is 0 Å². The van der Waals surface area contributed by atoms with Gasteiger partial charge in [-0.15, -0.1) is 11.8 Å². The first-order valence-electron chi connectivity index (χ1n) is 10.7. The molecule has 0 bridgehead atoms. The molecule has 154 valence electrons. The number of amides is 1. The van der Waals surface area contributed by atoms with Crippen molar-refractivity contribution in [3.8, 4) is 5.75 Å². The number of nitrogens with one attached hydrogen (secondary N) is 1. The first-order chi connectivity index (χ1) is 13.2. The highest BCUT2D eigenvalue weighted by Gasteiger charge is 2.60. The lowest BCUT2D eigenvalue weighted by atomic mass is 9.42. The van der Waals surface area contributed by atoms with E-state index in [9.17, 15) is 4.79 Å². The minimum absolute atomic E-state index is 0.00822. The SMILES string of the molecule is CNC(=O)c1cc(OC)cc2c1[C@]1(C)CC[C@H]3C(C)(C)CCC[C@]3(C)[C@H]1CS2. The molecule has 0 spiro atoms. The van der Waals surface area contributed by atoms with E-state index in [2.05, 4.69) is 39.1 Å². The van der Waals surface area contributed by atoms with Gasteiger partial charge >= 0.3 is 0 Å². The zero-order valence-corrected chi connectivity index (χ0v) is 19.1. The molecule has 1 amide bonds. The zero-order valence-electron chi connectivity index (χ0n) is 18.3. The minimum atomic E-state index is 0.00822. The molecule has 1 N–H and O–H groups in total. The molecule has 0 aromatic heterocycles. The van der Waals surface area contributed by atoms with Crippen molar-refractivity contribution >= 4 is 17.7 Å². The van der Waals surface area contributed by atoms with E-state index in [4.69, 9.17) is 4.74 Å². The minimum Gasteiger partial charge on any atom is -0.497 e. The van der Waals surface area contributed by atoms with Crippen molar-refractivity contribution in [2.24, 2.45) is 22.7 Å². The smallest absolute Gasteiger partial charge is 0.251 e. The first kappa shape index (κ1) is 20.1. The third-order valence-electron chi connectivity index (χ3n) is 8.55. The van der Waals surface area contributed by atoms with E-state index in [1.807, 2.05) is 17.8 Å². The Kier molecular flexibility index (Phi) is 4.80. The number of thioether (sulfide) groups is 1. The van der Waals surface area contributed by atoms with Crippen LogP contribution in [0.3, 0.4) is 0 Å². The monoisotopic (exact) mass is 401 g/mol. The van der Waals surface area contributed by atoms with E-state index < -0.39 is 0 Å². The Morgan fingerprint density at radius 1 is 1.14 bits per heavy atom. The summed E-state index contributed by atoms with van der Waals surface area (Å²) in [6, 6.07) is 4.10. The molecular formula is C24H35NO2S. The van der Waals surface area contributed by atoms with Crippen LogP contribution < -0.4 is 10.1 Å². The summed E-state index contributed by atoms with van der Waals surface area (Å²) in [5.41, 5.74) is 2.90. The molecular weight excluding hydrogens is 366 g/mol. The normalized spacial score (nSPS) is 35.9. The third-order valence-corrected chi connectivity index (χ3v) is 9.69. The second-order valence-corrected chi connectivity index (χ2v) is 11.4. The molecule has 0 radical (unpaired) electrons. The average Bonchev–Trinajstić information content (AvgIpc) is 2.65. The summed E-state index contributed by atoms with van der Waals surface area (Å²) in [7, 11) is 3.41. The quantitative estimate of drug-likeness (QED) is 0.695. The van der Waals surface area contributed by atoms with E-state index in [1.165, 1.54) is 42.6 Å². The number of hydrogen-bond donors (Lipinski definition) is 1. The zero-order chi connectivity index (χ0) is 20.3. The summed E-state index contributed by atoms with van der Waals surface area (Å²) in [4.78, 5) is 14.1. The fourth-order valence-electron chi connectivity index (χ4n) is 7.22. The Labute approximate surface area is 174 Å². The van der Waals surface area contributed by atoms with Gasteiger partial charge < -0.3 is 10.1 Å². The van der Waals surface area contributed by atoms with Crippen LogP contribution >= 0.6 is 11.8 Å².